The molecule has 1 aromatic rings. The number of hydrogen-bond acceptors (Lipinski definition) is 1. The fourth-order valence-electron chi connectivity index (χ4n) is 1.37. The summed E-state index contributed by atoms with van der Waals surface area (Å²) in [5.74, 6) is 5.50. The summed E-state index contributed by atoms with van der Waals surface area (Å²) in [6, 6.07) is 4.08. The van der Waals surface area contributed by atoms with Crippen LogP contribution in [0.25, 0.3) is 0 Å². The topological polar surface area (TPSA) is 17.1 Å². The van der Waals surface area contributed by atoms with E-state index in [0.29, 0.717) is 17.4 Å². The molecule has 0 aromatic heterocycles. The van der Waals surface area contributed by atoms with Crippen LogP contribution in [0.15, 0.2) is 18.2 Å². The Labute approximate surface area is 95.7 Å². The summed E-state index contributed by atoms with van der Waals surface area (Å²) in [7, 11) is 0. The van der Waals surface area contributed by atoms with Crippen LogP contribution in [-0.4, -0.2) is 6.29 Å². The summed E-state index contributed by atoms with van der Waals surface area (Å²) in [5, 5.41) is 0. The average Bonchev–Trinajstić information content (AvgIpc) is 2.30. The Kier molecular flexibility index (Phi) is 5.28. The number of unbranched alkanes of at least 4 members (excludes halogenated alkanes) is 3. The molecule has 0 amide bonds. The van der Waals surface area contributed by atoms with Gasteiger partial charge in [0.25, 0.3) is 0 Å². The lowest BCUT2D eigenvalue weighted by Gasteiger charge is -1.96. The monoisotopic (exact) mass is 218 g/mol. The molecule has 0 aliphatic heterocycles. The molecule has 16 heavy (non-hydrogen) atoms. The van der Waals surface area contributed by atoms with Crippen LogP contribution in [0.2, 0.25) is 0 Å². The van der Waals surface area contributed by atoms with Gasteiger partial charge in [-0.2, -0.15) is 0 Å². The van der Waals surface area contributed by atoms with Crippen molar-refractivity contribution in [3.63, 3.8) is 0 Å². The van der Waals surface area contributed by atoms with Gasteiger partial charge in [-0.15, -0.1) is 0 Å². The van der Waals surface area contributed by atoms with Crippen molar-refractivity contribution in [2.24, 2.45) is 0 Å². The van der Waals surface area contributed by atoms with E-state index in [-0.39, 0.29) is 0 Å². The first-order valence-corrected chi connectivity index (χ1v) is 5.51. The SMILES string of the molecule is CCCCCC#Cc1ccc(F)cc1C=O. The van der Waals surface area contributed by atoms with Crippen molar-refractivity contribution in [3.05, 3.63) is 35.1 Å². The van der Waals surface area contributed by atoms with E-state index in [2.05, 4.69) is 18.8 Å². The molecule has 0 spiro atoms. The van der Waals surface area contributed by atoms with Gasteiger partial charge >= 0.3 is 0 Å². The Morgan fingerprint density at radius 3 is 2.88 bits per heavy atom. The molecule has 1 nitrogen and oxygen atoms in total. The number of aldehydes is 1. The molecular formula is C14H15FO. The van der Waals surface area contributed by atoms with Crippen LogP contribution in [0.4, 0.5) is 4.39 Å². The molecular weight excluding hydrogens is 203 g/mol. The van der Waals surface area contributed by atoms with E-state index in [1.165, 1.54) is 18.6 Å². The van der Waals surface area contributed by atoms with Gasteiger partial charge in [0.15, 0.2) is 6.29 Å². The second kappa shape index (κ2) is 6.79. The van der Waals surface area contributed by atoms with Crippen molar-refractivity contribution in [1.82, 2.24) is 0 Å². The van der Waals surface area contributed by atoms with E-state index < -0.39 is 5.82 Å². The van der Waals surface area contributed by atoms with Crippen molar-refractivity contribution in [2.45, 2.75) is 32.6 Å². The Morgan fingerprint density at radius 2 is 2.19 bits per heavy atom. The summed E-state index contributed by atoms with van der Waals surface area (Å²) >= 11 is 0. The zero-order chi connectivity index (χ0) is 11.8. The van der Waals surface area contributed by atoms with E-state index in [4.69, 9.17) is 0 Å². The van der Waals surface area contributed by atoms with E-state index in [1.807, 2.05) is 0 Å². The Balaban J connectivity index is 2.68. The summed E-state index contributed by atoms with van der Waals surface area (Å²) in [5.41, 5.74) is 0.927. The third-order valence-electron chi connectivity index (χ3n) is 2.27. The van der Waals surface area contributed by atoms with Crippen LogP contribution in [0.5, 0.6) is 0 Å². The Morgan fingerprint density at radius 1 is 1.38 bits per heavy atom. The molecule has 1 aromatic carbocycles. The minimum absolute atomic E-state index is 0.322. The molecule has 1 rings (SSSR count). The highest BCUT2D eigenvalue weighted by molar-refractivity contribution is 5.79. The first-order valence-electron chi connectivity index (χ1n) is 5.51. The van der Waals surface area contributed by atoms with Gasteiger partial charge in [0, 0.05) is 17.5 Å². The third kappa shape index (κ3) is 3.86. The second-order valence-corrected chi connectivity index (χ2v) is 3.61. The van der Waals surface area contributed by atoms with E-state index >= 15 is 0 Å². The summed E-state index contributed by atoms with van der Waals surface area (Å²) < 4.78 is 12.8. The van der Waals surface area contributed by atoms with Gasteiger partial charge in [-0.25, -0.2) is 4.39 Å². The maximum absolute atomic E-state index is 12.8. The van der Waals surface area contributed by atoms with Crippen LogP contribution < -0.4 is 0 Å². The maximum atomic E-state index is 12.8. The van der Waals surface area contributed by atoms with Crippen molar-refractivity contribution in [1.29, 1.82) is 0 Å². The van der Waals surface area contributed by atoms with E-state index in [1.54, 1.807) is 6.07 Å². The quantitative estimate of drug-likeness (QED) is 0.429. The normalized spacial score (nSPS) is 9.38. The molecule has 84 valence electrons. The van der Waals surface area contributed by atoms with Crippen molar-refractivity contribution in [3.8, 4) is 11.8 Å². The van der Waals surface area contributed by atoms with Gasteiger partial charge in [-0.1, -0.05) is 31.6 Å². The maximum Gasteiger partial charge on any atom is 0.151 e. The Hall–Kier alpha value is -1.62. The molecule has 0 atom stereocenters. The van der Waals surface area contributed by atoms with Gasteiger partial charge in [0.1, 0.15) is 5.82 Å². The second-order valence-electron chi connectivity index (χ2n) is 3.61. The van der Waals surface area contributed by atoms with Crippen molar-refractivity contribution in [2.75, 3.05) is 0 Å². The average molecular weight is 218 g/mol. The lowest BCUT2D eigenvalue weighted by molar-refractivity contribution is 0.112. The van der Waals surface area contributed by atoms with Crippen molar-refractivity contribution >= 4 is 6.29 Å². The molecule has 0 bridgehead atoms. The molecule has 2 heteroatoms. The lowest BCUT2D eigenvalue weighted by Crippen LogP contribution is -1.88. The molecule has 0 aliphatic carbocycles. The number of hydrogen-bond donors (Lipinski definition) is 0. The predicted molar refractivity (Wildman–Crippen MR) is 62.8 cm³/mol. The largest absolute Gasteiger partial charge is 0.298 e. The fraction of sp³-hybridized carbons (Fsp3) is 0.357. The number of carbonyl (C=O) groups is 1. The fourth-order valence-corrected chi connectivity index (χ4v) is 1.37. The predicted octanol–water partition coefficient (Wildman–Crippen LogP) is 3.57. The molecule has 0 saturated heterocycles. The molecule has 0 aliphatic rings. The lowest BCUT2D eigenvalue weighted by atomic mass is 10.1. The highest BCUT2D eigenvalue weighted by Crippen LogP contribution is 2.08. The molecule has 0 N–H and O–H groups in total. The number of halogens is 1. The van der Waals surface area contributed by atoms with Gasteiger partial charge in [-0.05, 0) is 24.6 Å². The van der Waals surface area contributed by atoms with E-state index in [0.717, 1.165) is 19.3 Å². The number of rotatable bonds is 4. The van der Waals surface area contributed by atoms with Crippen LogP contribution in [0.3, 0.4) is 0 Å². The molecule has 0 heterocycles. The highest BCUT2D eigenvalue weighted by atomic mass is 19.1. The Bertz CT molecular complexity index is 412. The molecule has 0 saturated carbocycles. The van der Waals surface area contributed by atoms with Crippen LogP contribution in [0.1, 0.15) is 48.5 Å². The molecule has 0 radical (unpaired) electrons. The zero-order valence-electron chi connectivity index (χ0n) is 9.42. The van der Waals surface area contributed by atoms with Gasteiger partial charge in [-0.3, -0.25) is 4.79 Å². The van der Waals surface area contributed by atoms with Crippen LogP contribution >= 0.6 is 0 Å². The first-order chi connectivity index (χ1) is 7.77. The summed E-state index contributed by atoms with van der Waals surface area (Å²) in [4.78, 5) is 10.7. The molecule has 0 unspecified atom stereocenters. The van der Waals surface area contributed by atoms with Gasteiger partial charge in [0.05, 0.1) is 0 Å². The van der Waals surface area contributed by atoms with Crippen LogP contribution in [0, 0.1) is 17.7 Å². The van der Waals surface area contributed by atoms with Crippen LogP contribution in [-0.2, 0) is 0 Å². The number of benzene rings is 1. The summed E-state index contributed by atoms with van der Waals surface area (Å²) in [6.45, 7) is 2.14. The summed E-state index contributed by atoms with van der Waals surface area (Å²) in [6.07, 6.45) is 4.86. The highest BCUT2D eigenvalue weighted by Gasteiger charge is 1.99. The minimum atomic E-state index is -0.404. The molecule has 0 fully saturated rings. The number of carbonyl (C=O) groups excluding carboxylic acids is 1. The smallest absolute Gasteiger partial charge is 0.151 e. The minimum Gasteiger partial charge on any atom is -0.298 e. The standard InChI is InChI=1S/C14H15FO/c1-2-3-4-5-6-7-12-8-9-14(15)10-13(12)11-16/h8-11H,2-5H2,1H3. The van der Waals surface area contributed by atoms with Crippen molar-refractivity contribution < 1.29 is 9.18 Å². The van der Waals surface area contributed by atoms with E-state index in [9.17, 15) is 9.18 Å². The first kappa shape index (κ1) is 12.4. The van der Waals surface area contributed by atoms with Gasteiger partial charge < -0.3 is 0 Å². The third-order valence-corrected chi connectivity index (χ3v) is 2.27. The van der Waals surface area contributed by atoms with Gasteiger partial charge in [0.2, 0.25) is 0 Å². The zero-order valence-corrected chi connectivity index (χ0v) is 9.42.